The minimum atomic E-state index is -0.0797. The fourth-order valence-electron chi connectivity index (χ4n) is 2.64. The first kappa shape index (κ1) is 18.2. The number of para-hydroxylation sites is 1. The van der Waals surface area contributed by atoms with Crippen LogP contribution >= 0.6 is 11.8 Å². The van der Waals surface area contributed by atoms with E-state index in [4.69, 9.17) is 0 Å². The normalized spacial score (nSPS) is 11.2. The number of ketones is 1. The average molecular weight is 368 g/mol. The van der Waals surface area contributed by atoms with E-state index in [0.717, 1.165) is 0 Å². The van der Waals surface area contributed by atoms with Crippen molar-refractivity contribution in [2.75, 3.05) is 5.75 Å². The summed E-state index contributed by atoms with van der Waals surface area (Å²) < 4.78 is 1.65. The van der Waals surface area contributed by atoms with Gasteiger partial charge in [0.25, 0.3) is 5.56 Å². The van der Waals surface area contributed by atoms with E-state index < -0.39 is 0 Å². The van der Waals surface area contributed by atoms with E-state index >= 15 is 0 Å². The van der Waals surface area contributed by atoms with Crippen LogP contribution in [0.15, 0.2) is 58.5 Å². The predicted octanol–water partition coefficient (Wildman–Crippen LogP) is 3.73. The molecule has 0 amide bonds. The van der Waals surface area contributed by atoms with Crippen molar-refractivity contribution in [3.05, 3.63) is 64.4 Å². The molecule has 1 aromatic heterocycles. The molecule has 0 spiro atoms. The van der Waals surface area contributed by atoms with Crippen LogP contribution in [0, 0.1) is 5.92 Å². The number of carbonyl (C=O) groups excluding carboxylic acids is 1. The number of hydrogen-bond acceptors (Lipinski definition) is 5. The minimum Gasteiger partial charge on any atom is -0.508 e. The van der Waals surface area contributed by atoms with E-state index in [1.165, 1.54) is 23.9 Å². The smallest absolute Gasteiger partial charge is 0.262 e. The molecule has 5 nitrogen and oxygen atoms in total. The largest absolute Gasteiger partial charge is 0.508 e. The van der Waals surface area contributed by atoms with E-state index in [0.29, 0.717) is 28.2 Å². The fraction of sp³-hybridized carbons (Fsp3) is 0.250. The minimum absolute atomic E-state index is 0.0755. The van der Waals surface area contributed by atoms with Gasteiger partial charge in [-0.15, -0.1) is 0 Å². The van der Waals surface area contributed by atoms with Crippen LogP contribution in [0.3, 0.4) is 0 Å². The van der Waals surface area contributed by atoms with Gasteiger partial charge >= 0.3 is 0 Å². The number of aromatic hydroxyl groups is 1. The van der Waals surface area contributed by atoms with Crippen LogP contribution in [-0.4, -0.2) is 26.2 Å². The van der Waals surface area contributed by atoms with Gasteiger partial charge in [-0.3, -0.25) is 14.2 Å². The average Bonchev–Trinajstić information content (AvgIpc) is 2.63. The van der Waals surface area contributed by atoms with E-state index in [-0.39, 0.29) is 28.8 Å². The molecular weight excluding hydrogens is 348 g/mol. The molecule has 0 aliphatic rings. The van der Waals surface area contributed by atoms with Crippen LogP contribution in [0.1, 0.15) is 24.2 Å². The quantitative estimate of drug-likeness (QED) is 0.408. The lowest BCUT2D eigenvalue weighted by molar-refractivity contribution is 0.102. The number of Topliss-reactive ketones (excluding diaryl/α,β-unsaturated/α-hetero) is 1. The van der Waals surface area contributed by atoms with Gasteiger partial charge in [0.05, 0.1) is 16.7 Å². The molecule has 6 heteroatoms. The summed E-state index contributed by atoms with van der Waals surface area (Å²) in [4.78, 5) is 29.8. The van der Waals surface area contributed by atoms with E-state index in [1.54, 1.807) is 22.8 Å². The molecule has 0 unspecified atom stereocenters. The number of phenolic OH excluding ortho intramolecular Hbond substituents is 1. The van der Waals surface area contributed by atoms with Crippen molar-refractivity contribution in [2.24, 2.45) is 5.92 Å². The number of fused-ring (bicyclic) bond motifs is 1. The first-order chi connectivity index (χ1) is 12.5. The number of benzene rings is 2. The molecule has 2 aromatic carbocycles. The molecule has 0 saturated heterocycles. The maximum Gasteiger partial charge on any atom is 0.262 e. The summed E-state index contributed by atoms with van der Waals surface area (Å²) >= 11 is 1.26. The highest BCUT2D eigenvalue weighted by atomic mass is 32.2. The SMILES string of the molecule is CC(C)Cn1c(SCC(=O)c2ccc(O)cc2)nc2ccccc2c1=O. The number of carbonyl (C=O) groups is 1. The number of aromatic nitrogens is 2. The topological polar surface area (TPSA) is 72.2 Å². The van der Waals surface area contributed by atoms with E-state index in [2.05, 4.69) is 4.98 Å². The Balaban J connectivity index is 1.91. The second kappa shape index (κ2) is 7.74. The lowest BCUT2D eigenvalue weighted by atomic mass is 10.1. The molecule has 0 atom stereocenters. The van der Waals surface area contributed by atoms with Gasteiger partial charge in [-0.1, -0.05) is 37.7 Å². The summed E-state index contributed by atoms with van der Waals surface area (Å²) in [5.41, 5.74) is 1.08. The van der Waals surface area contributed by atoms with Crippen molar-refractivity contribution in [2.45, 2.75) is 25.5 Å². The van der Waals surface area contributed by atoms with Gasteiger partial charge in [0.2, 0.25) is 0 Å². The summed E-state index contributed by atoms with van der Waals surface area (Å²) in [6.45, 7) is 4.63. The maximum atomic E-state index is 12.8. The maximum absolute atomic E-state index is 12.8. The van der Waals surface area contributed by atoms with Gasteiger partial charge < -0.3 is 5.11 Å². The Hall–Kier alpha value is -2.60. The zero-order chi connectivity index (χ0) is 18.7. The van der Waals surface area contributed by atoms with Crippen LogP contribution in [0.4, 0.5) is 0 Å². The highest BCUT2D eigenvalue weighted by Gasteiger charge is 2.15. The van der Waals surface area contributed by atoms with Crippen LogP contribution in [0.2, 0.25) is 0 Å². The lowest BCUT2D eigenvalue weighted by Crippen LogP contribution is -2.25. The van der Waals surface area contributed by atoms with Crippen LogP contribution in [-0.2, 0) is 6.54 Å². The highest BCUT2D eigenvalue weighted by molar-refractivity contribution is 7.99. The zero-order valence-corrected chi connectivity index (χ0v) is 15.5. The van der Waals surface area contributed by atoms with Crippen molar-refractivity contribution < 1.29 is 9.90 Å². The van der Waals surface area contributed by atoms with Crippen molar-refractivity contribution >= 4 is 28.4 Å². The molecule has 0 radical (unpaired) electrons. The van der Waals surface area contributed by atoms with Crippen LogP contribution in [0.5, 0.6) is 5.75 Å². The van der Waals surface area contributed by atoms with Gasteiger partial charge in [0, 0.05) is 12.1 Å². The predicted molar refractivity (Wildman–Crippen MR) is 104 cm³/mol. The first-order valence-corrected chi connectivity index (χ1v) is 9.39. The van der Waals surface area contributed by atoms with Gasteiger partial charge in [0.1, 0.15) is 5.75 Å². The molecule has 134 valence electrons. The number of nitrogens with zero attached hydrogens (tertiary/aromatic N) is 2. The number of phenols is 1. The fourth-order valence-corrected chi connectivity index (χ4v) is 3.55. The highest BCUT2D eigenvalue weighted by Crippen LogP contribution is 2.21. The summed E-state index contributed by atoms with van der Waals surface area (Å²) in [6, 6.07) is 13.4. The lowest BCUT2D eigenvalue weighted by Gasteiger charge is -2.14. The van der Waals surface area contributed by atoms with Gasteiger partial charge in [-0.05, 0) is 42.3 Å². The third-order valence-electron chi connectivity index (χ3n) is 3.90. The van der Waals surface area contributed by atoms with Crippen molar-refractivity contribution in [3.8, 4) is 5.75 Å². The Morgan fingerprint density at radius 3 is 2.54 bits per heavy atom. The third kappa shape index (κ3) is 3.96. The molecule has 0 fully saturated rings. The van der Waals surface area contributed by atoms with Gasteiger partial charge in [-0.2, -0.15) is 0 Å². The Kier molecular flexibility index (Phi) is 5.42. The van der Waals surface area contributed by atoms with Gasteiger partial charge in [-0.25, -0.2) is 4.98 Å². The summed E-state index contributed by atoms with van der Waals surface area (Å²) in [7, 11) is 0. The zero-order valence-electron chi connectivity index (χ0n) is 14.7. The Morgan fingerprint density at radius 2 is 1.85 bits per heavy atom. The first-order valence-electron chi connectivity index (χ1n) is 8.40. The van der Waals surface area contributed by atoms with Crippen LogP contribution < -0.4 is 5.56 Å². The molecule has 3 aromatic rings. The molecule has 0 aliphatic carbocycles. The molecule has 3 rings (SSSR count). The number of hydrogen-bond donors (Lipinski definition) is 1. The Morgan fingerprint density at radius 1 is 1.15 bits per heavy atom. The second-order valence-electron chi connectivity index (χ2n) is 6.48. The monoisotopic (exact) mass is 368 g/mol. The molecule has 0 saturated carbocycles. The summed E-state index contributed by atoms with van der Waals surface area (Å²) in [5, 5.41) is 10.5. The molecule has 0 aliphatic heterocycles. The van der Waals surface area contributed by atoms with Crippen molar-refractivity contribution in [1.82, 2.24) is 9.55 Å². The second-order valence-corrected chi connectivity index (χ2v) is 7.42. The molecular formula is C20H20N2O3S. The Labute approximate surface area is 155 Å². The number of thioether (sulfide) groups is 1. The molecule has 1 heterocycles. The summed E-state index contributed by atoms with van der Waals surface area (Å²) in [5.74, 6) is 0.501. The summed E-state index contributed by atoms with van der Waals surface area (Å²) in [6.07, 6.45) is 0. The molecule has 26 heavy (non-hydrogen) atoms. The Bertz CT molecular complexity index is 994. The standard InChI is InChI=1S/C20H20N2O3S/c1-13(2)11-22-19(25)16-5-3-4-6-17(16)21-20(22)26-12-18(24)14-7-9-15(23)10-8-14/h3-10,13,23H,11-12H2,1-2H3. The molecule has 1 N–H and O–H groups in total. The van der Waals surface area contributed by atoms with Crippen molar-refractivity contribution in [1.29, 1.82) is 0 Å². The molecule has 0 bridgehead atoms. The van der Waals surface area contributed by atoms with E-state index in [1.807, 2.05) is 32.0 Å². The van der Waals surface area contributed by atoms with Gasteiger partial charge in [0.15, 0.2) is 10.9 Å². The number of rotatable bonds is 6. The van der Waals surface area contributed by atoms with E-state index in [9.17, 15) is 14.7 Å². The third-order valence-corrected chi connectivity index (χ3v) is 4.87. The van der Waals surface area contributed by atoms with Crippen molar-refractivity contribution in [3.63, 3.8) is 0 Å². The van der Waals surface area contributed by atoms with Crippen LogP contribution in [0.25, 0.3) is 10.9 Å².